The monoisotopic (exact) mass is 374 g/mol. The largest absolute Gasteiger partial charge is 0.410 e. The van der Waals surface area contributed by atoms with E-state index in [1.54, 1.807) is 20.1 Å². The van der Waals surface area contributed by atoms with Gasteiger partial charge in [-0.3, -0.25) is 0 Å². The summed E-state index contributed by atoms with van der Waals surface area (Å²) < 4.78 is 15.7. The Morgan fingerprint density at radius 1 is 1.37 bits per heavy atom. The van der Waals surface area contributed by atoms with Crippen LogP contribution in [0.5, 0.6) is 5.75 Å². The minimum absolute atomic E-state index is 0.344. The zero-order chi connectivity index (χ0) is 19.2. The summed E-state index contributed by atoms with van der Waals surface area (Å²) in [7, 11) is 1.73. The molecule has 0 unspecified atom stereocenters. The molecular formula is C19H26N4O4. The number of carbonyl (C=O) groups is 1. The van der Waals surface area contributed by atoms with Gasteiger partial charge in [-0.15, -0.1) is 0 Å². The molecule has 2 aromatic rings. The Labute approximate surface area is 158 Å². The van der Waals surface area contributed by atoms with Crippen molar-refractivity contribution < 1.29 is 18.8 Å². The maximum Gasteiger partial charge on any atom is 0.409 e. The van der Waals surface area contributed by atoms with E-state index in [0.717, 1.165) is 51.1 Å². The molecule has 1 aliphatic heterocycles. The number of benzene rings is 1. The normalized spacial score (nSPS) is 15.8. The molecule has 8 nitrogen and oxygen atoms in total. The van der Waals surface area contributed by atoms with E-state index in [1.807, 2.05) is 12.1 Å². The summed E-state index contributed by atoms with van der Waals surface area (Å²) in [5.74, 6) is 1.75. The van der Waals surface area contributed by atoms with Gasteiger partial charge in [0.05, 0.1) is 12.2 Å². The summed E-state index contributed by atoms with van der Waals surface area (Å²) in [4.78, 5) is 18.0. The second-order valence-corrected chi connectivity index (χ2v) is 6.84. The number of primary amides is 1. The minimum atomic E-state index is -0.865. The molecule has 0 spiro atoms. The van der Waals surface area contributed by atoms with Crippen LogP contribution in [0, 0.1) is 12.8 Å². The molecule has 1 saturated heterocycles. The Bertz CT molecular complexity index is 769. The highest BCUT2D eigenvalue weighted by molar-refractivity contribution is 5.75. The Balaban J connectivity index is 1.78. The van der Waals surface area contributed by atoms with Gasteiger partial charge in [-0.05, 0) is 56.8 Å². The maximum absolute atomic E-state index is 11.3. The van der Waals surface area contributed by atoms with Gasteiger partial charge in [-0.1, -0.05) is 17.3 Å². The van der Waals surface area contributed by atoms with E-state index in [4.69, 9.17) is 19.7 Å². The molecule has 1 aromatic carbocycles. The third kappa shape index (κ3) is 5.05. The summed E-state index contributed by atoms with van der Waals surface area (Å²) in [5.41, 5.74) is 6.90. The van der Waals surface area contributed by atoms with Gasteiger partial charge in [-0.25, -0.2) is 4.79 Å². The molecule has 0 saturated carbocycles. The highest BCUT2D eigenvalue weighted by Gasteiger charge is 2.24. The first-order chi connectivity index (χ1) is 13.1. The van der Waals surface area contributed by atoms with Crippen molar-refractivity contribution in [1.82, 2.24) is 15.0 Å². The second-order valence-electron chi connectivity index (χ2n) is 6.84. The van der Waals surface area contributed by atoms with E-state index in [2.05, 4.69) is 15.0 Å². The van der Waals surface area contributed by atoms with Gasteiger partial charge < -0.3 is 24.6 Å². The minimum Gasteiger partial charge on any atom is -0.410 e. The third-order valence-electron chi connectivity index (χ3n) is 4.89. The number of hydrogen-bond acceptors (Lipinski definition) is 7. The summed E-state index contributed by atoms with van der Waals surface area (Å²) >= 11 is 0. The molecule has 27 heavy (non-hydrogen) atoms. The maximum atomic E-state index is 11.3. The summed E-state index contributed by atoms with van der Waals surface area (Å²) in [6.07, 6.45) is 2.20. The van der Waals surface area contributed by atoms with Crippen LogP contribution in [0.25, 0.3) is 11.5 Å². The molecule has 1 aliphatic rings. The van der Waals surface area contributed by atoms with Crippen molar-refractivity contribution in [3.63, 3.8) is 0 Å². The predicted octanol–water partition coefficient (Wildman–Crippen LogP) is 2.40. The van der Waals surface area contributed by atoms with Crippen LogP contribution < -0.4 is 10.5 Å². The highest BCUT2D eigenvalue weighted by atomic mass is 16.5. The van der Waals surface area contributed by atoms with Gasteiger partial charge in [0.25, 0.3) is 5.89 Å². The van der Waals surface area contributed by atoms with E-state index >= 15 is 0 Å². The number of aryl methyl sites for hydroxylation is 1. The number of amides is 1. The molecule has 146 valence electrons. The number of ether oxygens (including phenoxy) is 2. The molecule has 0 bridgehead atoms. The molecule has 3 rings (SSSR count). The lowest BCUT2D eigenvalue weighted by atomic mass is 9.88. The first-order valence-electron chi connectivity index (χ1n) is 9.18. The fourth-order valence-corrected chi connectivity index (χ4v) is 3.53. The molecule has 0 atom stereocenters. The average Bonchev–Trinajstić information content (AvgIpc) is 3.07. The number of nitrogens with two attached hydrogens (primary N) is 1. The summed E-state index contributed by atoms with van der Waals surface area (Å²) in [5, 5.41) is 3.86. The lowest BCUT2D eigenvalue weighted by molar-refractivity contribution is 0.120. The van der Waals surface area contributed by atoms with Crippen LogP contribution in [0.3, 0.4) is 0 Å². The smallest absolute Gasteiger partial charge is 0.409 e. The fourth-order valence-electron chi connectivity index (χ4n) is 3.53. The number of rotatable bonds is 7. The molecule has 1 fully saturated rings. The Morgan fingerprint density at radius 2 is 2.15 bits per heavy atom. The Hall–Kier alpha value is -2.45. The predicted molar refractivity (Wildman–Crippen MR) is 99.4 cm³/mol. The van der Waals surface area contributed by atoms with Crippen LogP contribution >= 0.6 is 0 Å². The van der Waals surface area contributed by atoms with Gasteiger partial charge in [0.15, 0.2) is 5.82 Å². The molecule has 0 aliphatic carbocycles. The molecule has 2 N–H and O–H groups in total. The second kappa shape index (κ2) is 8.96. The molecule has 1 amide bonds. The number of likely N-dealkylation sites (tertiary alicyclic amines) is 1. The molecule has 0 radical (unpaired) electrons. The van der Waals surface area contributed by atoms with E-state index < -0.39 is 6.09 Å². The van der Waals surface area contributed by atoms with Gasteiger partial charge in [0, 0.05) is 13.7 Å². The van der Waals surface area contributed by atoms with E-state index in [9.17, 15) is 4.79 Å². The van der Waals surface area contributed by atoms with Crippen molar-refractivity contribution >= 4 is 6.09 Å². The van der Waals surface area contributed by atoms with Crippen LogP contribution in [-0.4, -0.2) is 54.5 Å². The quantitative estimate of drug-likeness (QED) is 0.793. The number of carbonyl (C=O) groups excluding carboxylic acids is 1. The third-order valence-corrected chi connectivity index (χ3v) is 4.89. The van der Waals surface area contributed by atoms with Crippen molar-refractivity contribution in [2.24, 2.45) is 11.7 Å². The van der Waals surface area contributed by atoms with Gasteiger partial charge >= 0.3 is 6.09 Å². The lowest BCUT2D eigenvalue weighted by Crippen LogP contribution is -2.36. The average molecular weight is 374 g/mol. The molecular weight excluding hydrogens is 348 g/mol. The molecule has 8 heteroatoms. The zero-order valence-electron chi connectivity index (χ0n) is 15.8. The number of aromatic nitrogens is 2. The van der Waals surface area contributed by atoms with Crippen LogP contribution in [0.4, 0.5) is 4.79 Å². The molecule has 1 aromatic heterocycles. The van der Waals surface area contributed by atoms with Crippen molar-refractivity contribution in [2.75, 3.05) is 33.4 Å². The first-order valence-corrected chi connectivity index (χ1v) is 9.18. The van der Waals surface area contributed by atoms with Crippen LogP contribution in [0.2, 0.25) is 0 Å². The van der Waals surface area contributed by atoms with Crippen molar-refractivity contribution in [1.29, 1.82) is 0 Å². The number of piperidine rings is 1. The lowest BCUT2D eigenvalue weighted by Gasteiger charge is -2.32. The topological polar surface area (TPSA) is 104 Å². The van der Waals surface area contributed by atoms with Crippen LogP contribution in [0.15, 0.2) is 22.7 Å². The SMILES string of the molecule is COCCN1CCC(Cc2cccc(OC(N)=O)c2-c2nc(C)no2)CC1. The van der Waals surface area contributed by atoms with Crippen LogP contribution in [-0.2, 0) is 11.2 Å². The Kier molecular flexibility index (Phi) is 6.41. The number of methoxy groups -OCH3 is 1. The van der Waals surface area contributed by atoms with E-state index in [-0.39, 0.29) is 0 Å². The van der Waals surface area contributed by atoms with Crippen molar-refractivity contribution in [2.45, 2.75) is 26.2 Å². The van der Waals surface area contributed by atoms with Gasteiger partial charge in [-0.2, -0.15) is 4.98 Å². The standard InChI is InChI=1S/C19H26N4O4/c1-13-21-18(27-22-13)17-15(4-3-5-16(17)26-19(20)24)12-14-6-8-23(9-7-14)10-11-25-2/h3-5,14H,6-12H2,1-2H3,(H2,20,24). The Morgan fingerprint density at radius 3 is 2.78 bits per heavy atom. The van der Waals surface area contributed by atoms with E-state index in [1.165, 1.54) is 0 Å². The van der Waals surface area contributed by atoms with Gasteiger partial charge in [0.1, 0.15) is 5.75 Å². The molecule has 2 heterocycles. The number of nitrogens with zero attached hydrogens (tertiary/aromatic N) is 3. The van der Waals surface area contributed by atoms with Crippen LogP contribution in [0.1, 0.15) is 24.2 Å². The fraction of sp³-hybridized carbons (Fsp3) is 0.526. The zero-order valence-corrected chi connectivity index (χ0v) is 15.8. The van der Waals surface area contributed by atoms with Crippen molar-refractivity contribution in [3.8, 4) is 17.2 Å². The van der Waals surface area contributed by atoms with E-state index in [0.29, 0.717) is 28.9 Å². The number of hydrogen-bond donors (Lipinski definition) is 1. The van der Waals surface area contributed by atoms with Gasteiger partial charge in [0.2, 0.25) is 0 Å². The first kappa shape index (κ1) is 19.3. The van der Waals surface area contributed by atoms with Crippen molar-refractivity contribution in [3.05, 3.63) is 29.6 Å². The highest BCUT2D eigenvalue weighted by Crippen LogP contribution is 2.35. The summed E-state index contributed by atoms with van der Waals surface area (Å²) in [6, 6.07) is 5.56. The summed E-state index contributed by atoms with van der Waals surface area (Å²) in [6.45, 7) is 5.59.